The molecule has 0 aromatic heterocycles. The summed E-state index contributed by atoms with van der Waals surface area (Å²) in [6, 6.07) is 13.8. The summed E-state index contributed by atoms with van der Waals surface area (Å²) in [7, 11) is 0. The van der Waals surface area contributed by atoms with E-state index in [9.17, 15) is 4.79 Å². The molecule has 0 aliphatic heterocycles. The van der Waals surface area contributed by atoms with E-state index in [1.807, 2.05) is 43.3 Å². The molecule has 0 saturated carbocycles. The summed E-state index contributed by atoms with van der Waals surface area (Å²) < 4.78 is 5.87. The number of nitrogens with one attached hydrogen (secondary N) is 1. The normalized spacial score (nSPS) is 10.2. The molecule has 4 heteroatoms. The van der Waals surface area contributed by atoms with Gasteiger partial charge in [0.1, 0.15) is 12.4 Å². The minimum atomic E-state index is -0.214. The molecule has 3 N–H and O–H groups in total. The lowest BCUT2D eigenvalue weighted by Gasteiger charge is -2.12. The van der Waals surface area contributed by atoms with Gasteiger partial charge in [0, 0.05) is 0 Å². The van der Waals surface area contributed by atoms with E-state index in [1.165, 1.54) is 5.56 Å². The standard InChI is InChI=1S/C17H20N2O2/c1-12-7-8-16(13(2)9-12)21-11-15-6-4-3-5-14(15)10-17(20)19-18/h3-9H,10-11,18H2,1-2H3,(H,19,20). The van der Waals surface area contributed by atoms with Gasteiger partial charge in [0.2, 0.25) is 5.91 Å². The van der Waals surface area contributed by atoms with E-state index in [2.05, 4.69) is 18.4 Å². The molecule has 0 saturated heterocycles. The summed E-state index contributed by atoms with van der Waals surface area (Å²) in [4.78, 5) is 11.4. The average molecular weight is 284 g/mol. The average Bonchev–Trinajstić information content (AvgIpc) is 2.47. The van der Waals surface area contributed by atoms with Crippen LogP contribution in [0.3, 0.4) is 0 Å². The molecule has 0 bridgehead atoms. The number of hydrogen-bond donors (Lipinski definition) is 2. The minimum absolute atomic E-state index is 0.214. The Morgan fingerprint density at radius 1 is 1.14 bits per heavy atom. The summed E-state index contributed by atoms with van der Waals surface area (Å²) in [5.74, 6) is 5.78. The van der Waals surface area contributed by atoms with Crippen molar-refractivity contribution in [1.82, 2.24) is 5.43 Å². The molecule has 0 spiro atoms. The van der Waals surface area contributed by atoms with Crippen LogP contribution in [0.25, 0.3) is 0 Å². The van der Waals surface area contributed by atoms with Gasteiger partial charge in [0.15, 0.2) is 0 Å². The second-order valence-electron chi connectivity index (χ2n) is 5.07. The highest BCUT2D eigenvalue weighted by molar-refractivity contribution is 5.78. The monoisotopic (exact) mass is 284 g/mol. The highest BCUT2D eigenvalue weighted by Crippen LogP contribution is 2.21. The number of hydrogen-bond acceptors (Lipinski definition) is 3. The van der Waals surface area contributed by atoms with Crippen molar-refractivity contribution in [3.63, 3.8) is 0 Å². The number of amides is 1. The second-order valence-corrected chi connectivity index (χ2v) is 5.07. The van der Waals surface area contributed by atoms with E-state index >= 15 is 0 Å². The third-order valence-corrected chi connectivity index (χ3v) is 3.34. The Bertz CT molecular complexity index is 638. The van der Waals surface area contributed by atoms with E-state index in [0.717, 1.165) is 22.4 Å². The Morgan fingerprint density at radius 2 is 1.86 bits per heavy atom. The van der Waals surface area contributed by atoms with Crippen LogP contribution in [0.5, 0.6) is 5.75 Å². The van der Waals surface area contributed by atoms with Crippen molar-refractivity contribution in [3.8, 4) is 5.75 Å². The molecule has 0 aliphatic rings. The zero-order valence-electron chi connectivity index (χ0n) is 12.3. The first kappa shape index (κ1) is 15.1. The fourth-order valence-corrected chi connectivity index (χ4v) is 2.21. The fourth-order valence-electron chi connectivity index (χ4n) is 2.21. The highest BCUT2D eigenvalue weighted by Gasteiger charge is 2.08. The number of aryl methyl sites for hydroxylation is 2. The molecule has 110 valence electrons. The Morgan fingerprint density at radius 3 is 2.52 bits per heavy atom. The Hall–Kier alpha value is -2.33. The number of nitrogens with two attached hydrogens (primary N) is 1. The molecule has 0 atom stereocenters. The van der Waals surface area contributed by atoms with Crippen molar-refractivity contribution >= 4 is 5.91 Å². The predicted molar refractivity (Wildman–Crippen MR) is 82.7 cm³/mol. The predicted octanol–water partition coefficient (Wildman–Crippen LogP) is 2.41. The molecule has 0 heterocycles. The Labute approximate surface area is 124 Å². The first-order chi connectivity index (χ1) is 10.1. The molecule has 0 radical (unpaired) electrons. The lowest BCUT2D eigenvalue weighted by atomic mass is 10.0. The van der Waals surface area contributed by atoms with Gasteiger partial charge in [-0.2, -0.15) is 0 Å². The maximum Gasteiger partial charge on any atom is 0.238 e. The molecule has 2 aromatic carbocycles. The van der Waals surface area contributed by atoms with Gasteiger partial charge in [-0.15, -0.1) is 0 Å². The summed E-state index contributed by atoms with van der Waals surface area (Å²) in [6.45, 7) is 4.51. The molecule has 4 nitrogen and oxygen atoms in total. The van der Waals surface area contributed by atoms with Crippen molar-refractivity contribution in [2.24, 2.45) is 5.84 Å². The SMILES string of the molecule is Cc1ccc(OCc2ccccc2CC(=O)NN)c(C)c1. The van der Waals surface area contributed by atoms with Crippen molar-refractivity contribution in [3.05, 3.63) is 64.7 Å². The molecule has 0 aliphatic carbocycles. The van der Waals surface area contributed by atoms with E-state index in [4.69, 9.17) is 10.6 Å². The van der Waals surface area contributed by atoms with Gasteiger partial charge >= 0.3 is 0 Å². The largest absolute Gasteiger partial charge is 0.489 e. The molecule has 0 fully saturated rings. The number of hydrazine groups is 1. The van der Waals surface area contributed by atoms with Crippen LogP contribution in [0.4, 0.5) is 0 Å². The van der Waals surface area contributed by atoms with Gasteiger partial charge < -0.3 is 4.74 Å². The zero-order chi connectivity index (χ0) is 15.2. The molecule has 2 aromatic rings. The van der Waals surface area contributed by atoms with Crippen molar-refractivity contribution in [2.75, 3.05) is 0 Å². The first-order valence-corrected chi connectivity index (χ1v) is 6.86. The van der Waals surface area contributed by atoms with Crippen LogP contribution in [0.15, 0.2) is 42.5 Å². The molecule has 21 heavy (non-hydrogen) atoms. The number of benzene rings is 2. The Kier molecular flexibility index (Phi) is 4.95. The number of carbonyl (C=O) groups is 1. The van der Waals surface area contributed by atoms with Crippen molar-refractivity contribution in [1.29, 1.82) is 0 Å². The maximum atomic E-state index is 11.4. The van der Waals surface area contributed by atoms with Crippen molar-refractivity contribution in [2.45, 2.75) is 26.9 Å². The van der Waals surface area contributed by atoms with E-state index in [-0.39, 0.29) is 12.3 Å². The third kappa shape index (κ3) is 4.07. The van der Waals surface area contributed by atoms with Gasteiger partial charge in [-0.3, -0.25) is 10.2 Å². The smallest absolute Gasteiger partial charge is 0.238 e. The van der Waals surface area contributed by atoms with E-state index < -0.39 is 0 Å². The van der Waals surface area contributed by atoms with Gasteiger partial charge in [-0.1, -0.05) is 42.0 Å². The molecule has 1 amide bonds. The molecule has 2 rings (SSSR count). The van der Waals surface area contributed by atoms with Crippen molar-refractivity contribution < 1.29 is 9.53 Å². The zero-order valence-corrected chi connectivity index (χ0v) is 12.3. The van der Waals surface area contributed by atoms with Crippen LogP contribution in [0, 0.1) is 13.8 Å². The number of rotatable bonds is 5. The second kappa shape index (κ2) is 6.90. The maximum absolute atomic E-state index is 11.4. The summed E-state index contributed by atoms with van der Waals surface area (Å²) >= 11 is 0. The number of ether oxygens (including phenoxy) is 1. The molecule has 0 unspecified atom stereocenters. The van der Waals surface area contributed by atoms with Gasteiger partial charge in [-0.25, -0.2) is 5.84 Å². The van der Waals surface area contributed by atoms with Gasteiger partial charge in [-0.05, 0) is 36.6 Å². The van der Waals surface area contributed by atoms with E-state index in [1.54, 1.807) is 0 Å². The third-order valence-electron chi connectivity index (χ3n) is 3.34. The quantitative estimate of drug-likeness (QED) is 0.503. The summed E-state index contributed by atoms with van der Waals surface area (Å²) in [6.07, 6.45) is 0.253. The van der Waals surface area contributed by atoms with Crippen LogP contribution in [-0.2, 0) is 17.8 Å². The van der Waals surface area contributed by atoms with E-state index in [0.29, 0.717) is 6.61 Å². The first-order valence-electron chi connectivity index (χ1n) is 6.86. The number of carbonyl (C=O) groups excluding carboxylic acids is 1. The summed E-state index contributed by atoms with van der Waals surface area (Å²) in [5.41, 5.74) is 6.37. The van der Waals surface area contributed by atoms with Crippen LogP contribution in [0.2, 0.25) is 0 Å². The van der Waals surface area contributed by atoms with Gasteiger partial charge in [0.25, 0.3) is 0 Å². The Balaban J connectivity index is 2.11. The van der Waals surface area contributed by atoms with Crippen LogP contribution in [0.1, 0.15) is 22.3 Å². The van der Waals surface area contributed by atoms with Crippen LogP contribution >= 0.6 is 0 Å². The van der Waals surface area contributed by atoms with Crippen LogP contribution in [-0.4, -0.2) is 5.91 Å². The highest BCUT2D eigenvalue weighted by atomic mass is 16.5. The van der Waals surface area contributed by atoms with Crippen LogP contribution < -0.4 is 16.0 Å². The molecular formula is C17H20N2O2. The summed E-state index contributed by atoms with van der Waals surface area (Å²) in [5, 5.41) is 0. The lowest BCUT2D eigenvalue weighted by molar-refractivity contribution is -0.120. The fraction of sp³-hybridized carbons (Fsp3) is 0.235. The van der Waals surface area contributed by atoms with Gasteiger partial charge in [0.05, 0.1) is 6.42 Å². The lowest BCUT2D eigenvalue weighted by Crippen LogP contribution is -2.31. The topological polar surface area (TPSA) is 64.3 Å². The molecular weight excluding hydrogens is 264 g/mol. The minimum Gasteiger partial charge on any atom is -0.489 e.